The van der Waals surface area contributed by atoms with Crippen molar-refractivity contribution in [2.24, 2.45) is 11.0 Å². The van der Waals surface area contributed by atoms with Crippen LogP contribution in [0.15, 0.2) is 5.11 Å². The maximum absolute atomic E-state index is 10.6. The van der Waals surface area contributed by atoms with Crippen molar-refractivity contribution in [1.82, 2.24) is 4.90 Å². The lowest BCUT2D eigenvalue weighted by Crippen LogP contribution is -2.27. The molecule has 74 valence electrons. The first kappa shape index (κ1) is 10.2. The van der Waals surface area contributed by atoms with Crippen molar-refractivity contribution in [3.05, 3.63) is 10.4 Å². The van der Waals surface area contributed by atoms with Crippen molar-refractivity contribution in [3.8, 4) is 6.07 Å². The summed E-state index contributed by atoms with van der Waals surface area (Å²) in [4.78, 5) is 14.4. The topological polar surface area (TPSA) is 113 Å². The van der Waals surface area contributed by atoms with E-state index in [1.165, 1.54) is 4.90 Å². The predicted octanol–water partition coefficient (Wildman–Crippen LogP) is 1.19. The minimum Gasteiger partial charge on any atom is -0.465 e. The standard InChI is InChI=1S/C7H9N5O2/c8-2-1-5-3-12(7(13)14)4-6(5)10-11-9/h5-6H,1,3-4H2,(H,13,14)/t5-,6+/m1/s1. The molecule has 0 aliphatic carbocycles. The van der Waals surface area contributed by atoms with E-state index in [1.807, 2.05) is 6.07 Å². The number of likely N-dealkylation sites (tertiary alicyclic amines) is 1. The summed E-state index contributed by atoms with van der Waals surface area (Å²) in [6, 6.07) is 1.55. The maximum atomic E-state index is 10.6. The van der Waals surface area contributed by atoms with Crippen LogP contribution in [0.4, 0.5) is 4.79 Å². The van der Waals surface area contributed by atoms with Crippen LogP contribution in [0.2, 0.25) is 0 Å². The molecule has 14 heavy (non-hydrogen) atoms. The predicted molar refractivity (Wildman–Crippen MR) is 46.3 cm³/mol. The highest BCUT2D eigenvalue weighted by molar-refractivity contribution is 5.65. The van der Waals surface area contributed by atoms with Gasteiger partial charge in [0.1, 0.15) is 0 Å². The number of hydrogen-bond acceptors (Lipinski definition) is 3. The molecule has 0 saturated carbocycles. The smallest absolute Gasteiger partial charge is 0.407 e. The van der Waals surface area contributed by atoms with Crippen LogP contribution < -0.4 is 0 Å². The van der Waals surface area contributed by atoms with E-state index in [2.05, 4.69) is 10.0 Å². The van der Waals surface area contributed by atoms with E-state index >= 15 is 0 Å². The van der Waals surface area contributed by atoms with Gasteiger partial charge in [0, 0.05) is 24.4 Å². The second kappa shape index (κ2) is 4.35. The molecular weight excluding hydrogens is 186 g/mol. The fraction of sp³-hybridized carbons (Fsp3) is 0.714. The Bertz CT molecular complexity index is 317. The number of azide groups is 1. The van der Waals surface area contributed by atoms with E-state index < -0.39 is 12.1 Å². The fourth-order valence-electron chi connectivity index (χ4n) is 1.53. The van der Waals surface area contributed by atoms with Gasteiger partial charge in [-0.15, -0.1) is 0 Å². The molecule has 1 fully saturated rings. The quantitative estimate of drug-likeness (QED) is 0.405. The number of nitriles is 1. The molecule has 7 nitrogen and oxygen atoms in total. The fourth-order valence-corrected chi connectivity index (χ4v) is 1.53. The van der Waals surface area contributed by atoms with Gasteiger partial charge in [-0.1, -0.05) is 5.11 Å². The third-order valence-corrected chi connectivity index (χ3v) is 2.23. The molecule has 1 rings (SSSR count). The highest BCUT2D eigenvalue weighted by Gasteiger charge is 2.34. The van der Waals surface area contributed by atoms with Gasteiger partial charge in [-0.3, -0.25) is 0 Å². The van der Waals surface area contributed by atoms with Crippen LogP contribution in [0.3, 0.4) is 0 Å². The van der Waals surface area contributed by atoms with Crippen LogP contribution in [0.5, 0.6) is 0 Å². The SMILES string of the molecule is N#CC[C@@H]1CN(C(=O)O)C[C@@H]1N=[N+]=[N-]. The van der Waals surface area contributed by atoms with Gasteiger partial charge < -0.3 is 10.0 Å². The molecule has 0 spiro atoms. The zero-order chi connectivity index (χ0) is 10.6. The molecule has 7 heteroatoms. The Hall–Kier alpha value is -1.93. The molecule has 0 aromatic rings. The monoisotopic (exact) mass is 195 g/mol. The number of carboxylic acid groups (broad SMARTS) is 1. The van der Waals surface area contributed by atoms with E-state index in [0.717, 1.165) is 0 Å². The summed E-state index contributed by atoms with van der Waals surface area (Å²) < 4.78 is 0. The molecule has 0 aromatic heterocycles. The first-order valence-corrected chi connectivity index (χ1v) is 4.08. The van der Waals surface area contributed by atoms with Gasteiger partial charge in [0.05, 0.1) is 12.1 Å². The largest absolute Gasteiger partial charge is 0.465 e. The molecular formula is C7H9N5O2. The summed E-state index contributed by atoms with van der Waals surface area (Å²) in [6.07, 6.45) is -0.823. The molecule has 2 atom stereocenters. The van der Waals surface area contributed by atoms with Gasteiger partial charge in [-0.2, -0.15) is 5.26 Å². The van der Waals surface area contributed by atoms with E-state index in [1.54, 1.807) is 0 Å². The Morgan fingerprint density at radius 2 is 2.50 bits per heavy atom. The molecule has 0 bridgehead atoms. The van der Waals surface area contributed by atoms with Gasteiger partial charge in [-0.25, -0.2) is 4.79 Å². The Morgan fingerprint density at radius 1 is 1.79 bits per heavy atom. The molecule has 0 aromatic carbocycles. The normalized spacial score (nSPS) is 25.2. The van der Waals surface area contributed by atoms with Gasteiger partial charge >= 0.3 is 6.09 Å². The highest BCUT2D eigenvalue weighted by Crippen LogP contribution is 2.22. The minimum atomic E-state index is -1.04. The van der Waals surface area contributed by atoms with Crippen LogP contribution in [-0.2, 0) is 0 Å². The van der Waals surface area contributed by atoms with Crippen molar-refractivity contribution in [3.63, 3.8) is 0 Å². The van der Waals surface area contributed by atoms with Gasteiger partial charge in [0.15, 0.2) is 0 Å². The highest BCUT2D eigenvalue weighted by atomic mass is 16.4. The summed E-state index contributed by atoms with van der Waals surface area (Å²) >= 11 is 0. The second-order valence-corrected chi connectivity index (χ2v) is 3.08. The second-order valence-electron chi connectivity index (χ2n) is 3.08. The van der Waals surface area contributed by atoms with Crippen LogP contribution in [0, 0.1) is 17.2 Å². The molecule has 1 saturated heterocycles. The molecule has 1 aliphatic heterocycles. The van der Waals surface area contributed by atoms with E-state index in [9.17, 15) is 4.79 Å². The summed E-state index contributed by atoms with van der Waals surface area (Å²) in [5, 5.41) is 20.7. The van der Waals surface area contributed by atoms with Crippen LogP contribution in [0.1, 0.15) is 6.42 Å². The lowest BCUT2D eigenvalue weighted by molar-refractivity contribution is 0.154. The van der Waals surface area contributed by atoms with Crippen molar-refractivity contribution in [2.45, 2.75) is 12.5 Å². The lowest BCUT2D eigenvalue weighted by atomic mass is 10.0. The lowest BCUT2D eigenvalue weighted by Gasteiger charge is -2.09. The van der Waals surface area contributed by atoms with Crippen LogP contribution in [-0.4, -0.2) is 35.2 Å². The van der Waals surface area contributed by atoms with Crippen LogP contribution in [0.25, 0.3) is 10.4 Å². The first-order chi connectivity index (χ1) is 6.69. The molecule has 0 unspecified atom stereocenters. The van der Waals surface area contributed by atoms with E-state index in [-0.39, 0.29) is 25.4 Å². The number of hydrogen-bond donors (Lipinski definition) is 1. The van der Waals surface area contributed by atoms with Gasteiger partial charge in [0.2, 0.25) is 0 Å². The molecule has 1 aliphatic rings. The maximum Gasteiger partial charge on any atom is 0.407 e. The van der Waals surface area contributed by atoms with Crippen molar-refractivity contribution >= 4 is 6.09 Å². The summed E-state index contributed by atoms with van der Waals surface area (Å²) in [5.41, 5.74) is 8.25. The third kappa shape index (κ3) is 2.06. The van der Waals surface area contributed by atoms with Gasteiger partial charge in [0.25, 0.3) is 0 Å². The number of carbonyl (C=O) groups is 1. The molecule has 1 N–H and O–H groups in total. The Morgan fingerprint density at radius 3 is 3.00 bits per heavy atom. The van der Waals surface area contributed by atoms with E-state index in [0.29, 0.717) is 0 Å². The molecule has 1 amide bonds. The zero-order valence-electron chi connectivity index (χ0n) is 7.37. The molecule has 1 heterocycles. The number of amides is 1. The third-order valence-electron chi connectivity index (χ3n) is 2.23. The Labute approximate surface area is 80.2 Å². The van der Waals surface area contributed by atoms with Crippen molar-refractivity contribution in [1.29, 1.82) is 5.26 Å². The van der Waals surface area contributed by atoms with Crippen molar-refractivity contribution in [2.75, 3.05) is 13.1 Å². The Kier molecular flexibility index (Phi) is 3.15. The van der Waals surface area contributed by atoms with Crippen molar-refractivity contribution < 1.29 is 9.90 Å². The Balaban J connectivity index is 2.70. The average molecular weight is 195 g/mol. The molecule has 0 radical (unpaired) electrons. The number of nitrogens with zero attached hydrogens (tertiary/aromatic N) is 5. The van der Waals surface area contributed by atoms with E-state index in [4.69, 9.17) is 15.9 Å². The van der Waals surface area contributed by atoms with Crippen LogP contribution >= 0.6 is 0 Å². The summed E-state index contributed by atoms with van der Waals surface area (Å²) in [6.45, 7) is 0.457. The first-order valence-electron chi connectivity index (χ1n) is 4.08. The zero-order valence-corrected chi connectivity index (χ0v) is 7.37. The minimum absolute atomic E-state index is 0.174. The number of rotatable bonds is 2. The summed E-state index contributed by atoms with van der Waals surface area (Å²) in [7, 11) is 0. The average Bonchev–Trinajstić information content (AvgIpc) is 2.50. The van der Waals surface area contributed by atoms with Gasteiger partial charge in [-0.05, 0) is 11.4 Å². The summed E-state index contributed by atoms with van der Waals surface area (Å²) in [5.74, 6) is -0.174.